The molecule has 10 heavy (non-hydrogen) atoms. The van der Waals surface area contributed by atoms with Gasteiger partial charge in [-0.25, -0.2) is 9.13 Å². The molecule has 0 saturated heterocycles. The van der Waals surface area contributed by atoms with Gasteiger partial charge in [-0.2, -0.15) is 0 Å². The molecule has 0 unspecified atom stereocenters. The first-order valence-corrected chi connectivity index (χ1v) is 2.84. The van der Waals surface area contributed by atoms with E-state index in [1.54, 1.807) is 0 Å². The number of aromatic nitrogens is 2. The number of nitrogens with zero attached hydrogens (tertiary/aromatic N) is 2. The smallest absolute Gasteiger partial charge is 0.243 e. The van der Waals surface area contributed by atoms with Crippen molar-refractivity contribution in [3.63, 3.8) is 0 Å². The molecule has 0 radical (unpaired) electrons. The van der Waals surface area contributed by atoms with Crippen LogP contribution in [0.25, 0.3) is 0 Å². The molecule has 0 aliphatic rings. The number of hydrogen-bond donors (Lipinski definition) is 0. The number of hydrogen-bond acceptors (Lipinski definition) is 0. The molecule has 0 bridgehead atoms. The van der Waals surface area contributed by atoms with Gasteiger partial charge in [-0.1, -0.05) is 0 Å². The zero-order valence-corrected chi connectivity index (χ0v) is 10.1. The average Bonchev–Trinajstić information content (AvgIpc) is 2.14. The van der Waals surface area contributed by atoms with E-state index in [9.17, 15) is 0 Å². The summed E-state index contributed by atoms with van der Waals surface area (Å²) in [7, 11) is 2.02. The molecule has 0 aromatic carbocycles. The Balaban J connectivity index is 0. The first-order chi connectivity index (χ1) is 3.83. The van der Waals surface area contributed by atoms with Crippen LogP contribution in [0.3, 0.4) is 0 Å². The molecule has 4 heteroatoms. The van der Waals surface area contributed by atoms with Gasteiger partial charge in [0.25, 0.3) is 0 Å². The van der Waals surface area contributed by atoms with E-state index in [0.717, 1.165) is 6.54 Å². The van der Waals surface area contributed by atoms with E-state index >= 15 is 0 Å². The van der Waals surface area contributed by atoms with Crippen molar-refractivity contribution in [2.75, 3.05) is 0 Å². The van der Waals surface area contributed by atoms with Crippen LogP contribution in [0.4, 0.5) is 0 Å². The molecule has 0 N–H and O–H groups in total. The van der Waals surface area contributed by atoms with Crippen LogP contribution in [0.15, 0.2) is 18.7 Å². The quantitative estimate of drug-likeness (QED) is 0.354. The standard InChI is InChI=1S/C6H11N2.ClH.Zn/c1-3-8-5-4-7(2)6-8;;/h4-6H,3H2,1-2H3;1H;/q+1;;/p-1. The number of imidazole rings is 1. The Morgan fingerprint density at radius 3 is 2.30 bits per heavy atom. The van der Waals surface area contributed by atoms with Gasteiger partial charge in [0.1, 0.15) is 12.4 Å². The van der Waals surface area contributed by atoms with E-state index in [1.165, 1.54) is 0 Å². The van der Waals surface area contributed by atoms with Gasteiger partial charge in [-0.15, -0.1) is 0 Å². The second-order valence-corrected chi connectivity index (χ2v) is 1.91. The minimum absolute atomic E-state index is 0. The largest absolute Gasteiger partial charge is 1.00 e. The van der Waals surface area contributed by atoms with Crippen molar-refractivity contribution in [2.24, 2.45) is 7.05 Å². The monoisotopic (exact) mass is 210 g/mol. The van der Waals surface area contributed by atoms with E-state index in [1.807, 2.05) is 17.8 Å². The molecular formula is C6H11ClN2Zn. The minimum Gasteiger partial charge on any atom is -1.00 e. The van der Waals surface area contributed by atoms with Crippen LogP contribution in [-0.2, 0) is 33.1 Å². The van der Waals surface area contributed by atoms with Gasteiger partial charge < -0.3 is 12.4 Å². The normalized spacial score (nSPS) is 7.80. The molecule has 1 aromatic rings. The summed E-state index contributed by atoms with van der Waals surface area (Å²) in [5.74, 6) is 0. The van der Waals surface area contributed by atoms with Crippen molar-refractivity contribution in [3.05, 3.63) is 18.7 Å². The topological polar surface area (TPSA) is 8.81 Å². The third-order valence-electron chi connectivity index (χ3n) is 1.19. The van der Waals surface area contributed by atoms with Crippen LogP contribution in [-0.4, -0.2) is 4.57 Å². The molecule has 1 heterocycles. The van der Waals surface area contributed by atoms with Crippen LogP contribution >= 0.6 is 0 Å². The predicted octanol–water partition coefficient (Wildman–Crippen LogP) is -2.67. The Kier molecular flexibility index (Phi) is 7.50. The van der Waals surface area contributed by atoms with E-state index in [2.05, 4.69) is 24.0 Å². The maximum atomic E-state index is 2.12. The minimum atomic E-state index is 0. The summed E-state index contributed by atoms with van der Waals surface area (Å²) in [6.07, 6.45) is 6.14. The fourth-order valence-corrected chi connectivity index (χ4v) is 0.689. The summed E-state index contributed by atoms with van der Waals surface area (Å²) in [6, 6.07) is 0. The second-order valence-electron chi connectivity index (χ2n) is 1.91. The van der Waals surface area contributed by atoms with E-state index in [4.69, 9.17) is 0 Å². The molecule has 0 fully saturated rings. The summed E-state index contributed by atoms with van der Waals surface area (Å²) in [5, 5.41) is 0. The number of aryl methyl sites for hydroxylation is 2. The number of rotatable bonds is 1. The molecular weight excluding hydrogens is 201 g/mol. The Labute approximate surface area is 80.4 Å². The van der Waals surface area contributed by atoms with Crippen molar-refractivity contribution in [3.8, 4) is 0 Å². The SMILES string of the molecule is CCn1cc[n+](C)c1.[Cl-].[Zn]. The molecule has 0 saturated carbocycles. The van der Waals surface area contributed by atoms with Gasteiger partial charge >= 0.3 is 0 Å². The molecule has 0 spiro atoms. The van der Waals surface area contributed by atoms with E-state index in [0.29, 0.717) is 0 Å². The summed E-state index contributed by atoms with van der Waals surface area (Å²) >= 11 is 0. The zero-order chi connectivity index (χ0) is 5.98. The van der Waals surface area contributed by atoms with E-state index in [-0.39, 0.29) is 31.9 Å². The Hall–Kier alpha value is 0.123. The van der Waals surface area contributed by atoms with Gasteiger partial charge in [0, 0.05) is 19.5 Å². The number of halogens is 1. The van der Waals surface area contributed by atoms with Crippen molar-refractivity contribution in [1.82, 2.24) is 4.57 Å². The van der Waals surface area contributed by atoms with Crippen molar-refractivity contribution < 1.29 is 36.5 Å². The van der Waals surface area contributed by atoms with Gasteiger partial charge in [0.05, 0.1) is 13.6 Å². The first-order valence-electron chi connectivity index (χ1n) is 2.84. The summed E-state index contributed by atoms with van der Waals surface area (Å²) in [5.41, 5.74) is 0. The molecule has 0 aliphatic carbocycles. The van der Waals surface area contributed by atoms with Crippen LogP contribution in [0, 0.1) is 0 Å². The molecule has 0 atom stereocenters. The molecule has 54 valence electrons. The molecule has 1 aromatic heterocycles. The average molecular weight is 212 g/mol. The molecule has 0 amide bonds. The maximum Gasteiger partial charge on any atom is 0.243 e. The fraction of sp³-hybridized carbons (Fsp3) is 0.500. The van der Waals surface area contributed by atoms with Gasteiger partial charge in [0.2, 0.25) is 6.33 Å². The third-order valence-corrected chi connectivity index (χ3v) is 1.19. The molecule has 1 rings (SSSR count). The van der Waals surface area contributed by atoms with Crippen LogP contribution < -0.4 is 17.0 Å². The van der Waals surface area contributed by atoms with Crippen LogP contribution in [0.1, 0.15) is 6.92 Å². The Morgan fingerprint density at radius 2 is 2.10 bits per heavy atom. The Morgan fingerprint density at radius 1 is 1.50 bits per heavy atom. The zero-order valence-electron chi connectivity index (χ0n) is 6.42. The second kappa shape index (κ2) is 5.87. The summed E-state index contributed by atoms with van der Waals surface area (Å²) in [4.78, 5) is 0. The van der Waals surface area contributed by atoms with Gasteiger partial charge in [-0.05, 0) is 6.92 Å². The maximum absolute atomic E-state index is 2.12. The first kappa shape index (κ1) is 12.8. The van der Waals surface area contributed by atoms with Crippen LogP contribution in [0.2, 0.25) is 0 Å². The summed E-state index contributed by atoms with van der Waals surface area (Å²) < 4.78 is 4.16. The van der Waals surface area contributed by atoms with Crippen LogP contribution in [0.5, 0.6) is 0 Å². The fourth-order valence-electron chi connectivity index (χ4n) is 0.689. The van der Waals surface area contributed by atoms with E-state index < -0.39 is 0 Å². The Bertz CT molecular complexity index is 176. The van der Waals surface area contributed by atoms with Crippen molar-refractivity contribution >= 4 is 0 Å². The van der Waals surface area contributed by atoms with Crippen molar-refractivity contribution in [2.45, 2.75) is 13.5 Å². The molecule has 2 nitrogen and oxygen atoms in total. The van der Waals surface area contributed by atoms with Gasteiger partial charge in [0.15, 0.2) is 0 Å². The van der Waals surface area contributed by atoms with Crippen molar-refractivity contribution in [1.29, 1.82) is 0 Å². The predicted molar refractivity (Wildman–Crippen MR) is 31.3 cm³/mol. The summed E-state index contributed by atoms with van der Waals surface area (Å²) in [6.45, 7) is 3.18. The molecule has 0 aliphatic heterocycles. The van der Waals surface area contributed by atoms with Gasteiger partial charge in [-0.3, -0.25) is 0 Å². The third kappa shape index (κ3) is 3.33.